The zero-order chi connectivity index (χ0) is 28.6. The molecule has 2 saturated heterocycles. The summed E-state index contributed by atoms with van der Waals surface area (Å²) in [5.74, 6) is -0.865. The number of rotatable bonds is 6. The molecule has 5 rings (SSSR count). The van der Waals surface area contributed by atoms with Crippen LogP contribution in [0.4, 0.5) is 9.18 Å². The van der Waals surface area contributed by atoms with Gasteiger partial charge in [0.05, 0.1) is 10.9 Å². The predicted molar refractivity (Wildman–Crippen MR) is 149 cm³/mol. The van der Waals surface area contributed by atoms with Gasteiger partial charge in [-0.15, -0.1) is 11.3 Å². The van der Waals surface area contributed by atoms with Crippen LogP contribution < -0.4 is 5.32 Å². The summed E-state index contributed by atoms with van der Waals surface area (Å²) in [5, 5.41) is 14.4. The van der Waals surface area contributed by atoms with E-state index < -0.39 is 35.5 Å². The van der Waals surface area contributed by atoms with E-state index in [1.807, 2.05) is 10.3 Å². The summed E-state index contributed by atoms with van der Waals surface area (Å²) in [6.45, 7) is 6.89. The highest BCUT2D eigenvalue weighted by Gasteiger charge is 2.52. The van der Waals surface area contributed by atoms with Gasteiger partial charge in [-0.1, -0.05) is 12.1 Å². The maximum Gasteiger partial charge on any atom is 0.411 e. The maximum atomic E-state index is 15.2. The Labute approximate surface area is 238 Å². The lowest BCUT2D eigenvalue weighted by molar-refractivity contribution is -0.128. The topological polar surface area (TPSA) is 103 Å². The van der Waals surface area contributed by atoms with Crippen molar-refractivity contribution >= 4 is 29.2 Å². The van der Waals surface area contributed by atoms with E-state index in [9.17, 15) is 19.6 Å². The Balaban J connectivity index is 1.24. The molecular weight excluding hydrogens is 531 g/mol. The normalized spacial score (nSPS) is 22.7. The summed E-state index contributed by atoms with van der Waals surface area (Å²) < 4.78 is 20.7. The van der Waals surface area contributed by atoms with Crippen molar-refractivity contribution in [2.24, 2.45) is 5.92 Å². The summed E-state index contributed by atoms with van der Waals surface area (Å²) in [7, 11) is 0. The van der Waals surface area contributed by atoms with E-state index in [0.717, 1.165) is 50.8 Å². The number of nitriles is 1. The minimum Gasteiger partial charge on any atom is -0.444 e. The summed E-state index contributed by atoms with van der Waals surface area (Å²) in [6.07, 6.45) is 3.90. The molecule has 212 valence electrons. The molecule has 0 spiro atoms. The van der Waals surface area contributed by atoms with Crippen LogP contribution in [0.3, 0.4) is 0 Å². The molecule has 3 heterocycles. The van der Waals surface area contributed by atoms with Crippen molar-refractivity contribution in [1.29, 1.82) is 5.26 Å². The lowest BCUT2D eigenvalue weighted by Gasteiger charge is -2.35. The SMILES string of the molecule is CC(C)(C)OC(=O)N1C2CCC(C2)C1C(=O)NC(C#N)Cc1ccc(-c2csc(C(=O)N3CCCC3)c2)cc1F. The largest absolute Gasteiger partial charge is 0.444 e. The van der Waals surface area contributed by atoms with Crippen LogP contribution >= 0.6 is 11.3 Å². The molecule has 1 saturated carbocycles. The van der Waals surface area contributed by atoms with Gasteiger partial charge in [0.1, 0.15) is 23.5 Å². The molecular formula is C30H35FN4O4S. The molecule has 1 aromatic heterocycles. The fourth-order valence-electron chi connectivity index (χ4n) is 6.08. The number of carbonyl (C=O) groups excluding carboxylic acids is 3. The highest BCUT2D eigenvalue weighted by molar-refractivity contribution is 7.12. The monoisotopic (exact) mass is 566 g/mol. The number of carbonyl (C=O) groups is 3. The van der Waals surface area contributed by atoms with Crippen molar-refractivity contribution in [3.8, 4) is 17.2 Å². The second-order valence-corrected chi connectivity index (χ2v) is 12.9. The number of ether oxygens (including phenoxy) is 1. The van der Waals surface area contributed by atoms with Gasteiger partial charge in [0.15, 0.2) is 0 Å². The van der Waals surface area contributed by atoms with Crippen LogP contribution in [0.5, 0.6) is 0 Å². The molecule has 1 N–H and O–H groups in total. The smallest absolute Gasteiger partial charge is 0.411 e. The first-order valence-corrected chi connectivity index (χ1v) is 14.8. The number of halogens is 1. The third-order valence-electron chi connectivity index (χ3n) is 7.94. The molecule has 0 radical (unpaired) electrons. The second kappa shape index (κ2) is 11.2. The average Bonchev–Trinajstić information content (AvgIpc) is 3.71. The van der Waals surface area contributed by atoms with Gasteiger partial charge in [-0.05, 0) is 93.0 Å². The quantitative estimate of drug-likeness (QED) is 0.522. The van der Waals surface area contributed by atoms with Gasteiger partial charge in [-0.3, -0.25) is 14.5 Å². The third-order valence-corrected chi connectivity index (χ3v) is 8.86. The number of piperidine rings is 1. The van der Waals surface area contributed by atoms with Crippen LogP contribution in [0.25, 0.3) is 11.1 Å². The molecule has 10 heteroatoms. The second-order valence-electron chi connectivity index (χ2n) is 12.0. The predicted octanol–water partition coefficient (Wildman–Crippen LogP) is 5.13. The minimum atomic E-state index is -0.960. The van der Waals surface area contributed by atoms with E-state index in [0.29, 0.717) is 16.0 Å². The summed E-state index contributed by atoms with van der Waals surface area (Å²) >= 11 is 1.35. The van der Waals surface area contributed by atoms with E-state index >= 15 is 4.39 Å². The average molecular weight is 567 g/mol. The fourth-order valence-corrected chi connectivity index (χ4v) is 6.96. The molecule has 4 atom stereocenters. The van der Waals surface area contributed by atoms with Crippen LogP contribution in [0.1, 0.15) is 68.1 Å². The number of hydrogen-bond acceptors (Lipinski definition) is 6. The van der Waals surface area contributed by atoms with Crippen LogP contribution in [0, 0.1) is 23.1 Å². The van der Waals surface area contributed by atoms with Gasteiger partial charge in [-0.2, -0.15) is 5.26 Å². The molecule has 1 aliphatic carbocycles. The van der Waals surface area contributed by atoms with E-state index in [2.05, 4.69) is 11.4 Å². The first kappa shape index (κ1) is 28.1. The highest BCUT2D eigenvalue weighted by Crippen LogP contribution is 2.43. The van der Waals surface area contributed by atoms with Crippen molar-refractivity contribution in [3.05, 3.63) is 45.9 Å². The Bertz CT molecular complexity index is 1340. The highest BCUT2D eigenvalue weighted by atomic mass is 32.1. The Kier molecular flexibility index (Phi) is 7.87. The minimum absolute atomic E-state index is 0.00998. The summed E-state index contributed by atoms with van der Waals surface area (Å²) in [5.41, 5.74) is 1.02. The van der Waals surface area contributed by atoms with Crippen molar-refractivity contribution in [1.82, 2.24) is 15.1 Å². The van der Waals surface area contributed by atoms with Gasteiger partial charge in [0, 0.05) is 25.6 Å². The van der Waals surface area contributed by atoms with Crippen LogP contribution in [-0.2, 0) is 16.0 Å². The lowest BCUT2D eigenvalue weighted by Crippen LogP contribution is -2.55. The van der Waals surface area contributed by atoms with Crippen LogP contribution in [0.15, 0.2) is 29.6 Å². The summed E-state index contributed by atoms with van der Waals surface area (Å²) in [4.78, 5) is 42.9. The molecule has 8 nitrogen and oxygen atoms in total. The Morgan fingerprint density at radius 3 is 2.60 bits per heavy atom. The zero-order valence-corrected chi connectivity index (χ0v) is 23.9. The number of hydrogen-bond donors (Lipinski definition) is 1. The number of nitrogens with zero attached hydrogens (tertiary/aromatic N) is 3. The number of benzene rings is 1. The van der Waals surface area contributed by atoms with E-state index in [-0.39, 0.29) is 24.3 Å². The maximum absolute atomic E-state index is 15.2. The van der Waals surface area contributed by atoms with Crippen molar-refractivity contribution < 1.29 is 23.5 Å². The molecule has 3 amide bonds. The van der Waals surface area contributed by atoms with Crippen molar-refractivity contribution in [3.63, 3.8) is 0 Å². The van der Waals surface area contributed by atoms with Gasteiger partial charge < -0.3 is 15.0 Å². The Hall–Kier alpha value is -3.45. The molecule has 40 heavy (non-hydrogen) atoms. The first-order chi connectivity index (χ1) is 19.0. The van der Waals surface area contributed by atoms with Crippen molar-refractivity contribution in [2.75, 3.05) is 13.1 Å². The number of fused-ring (bicyclic) bond motifs is 2. The Morgan fingerprint density at radius 1 is 1.18 bits per heavy atom. The van der Waals surface area contributed by atoms with Gasteiger partial charge in [0.2, 0.25) is 5.91 Å². The first-order valence-electron chi connectivity index (χ1n) is 13.9. The van der Waals surface area contributed by atoms with Crippen molar-refractivity contribution in [2.45, 2.75) is 83.0 Å². The third kappa shape index (κ3) is 5.85. The fraction of sp³-hybridized carbons (Fsp3) is 0.533. The molecule has 4 unspecified atom stereocenters. The van der Waals surface area contributed by atoms with E-state index in [1.54, 1.807) is 39.0 Å². The number of amides is 3. The number of thiophene rings is 1. The molecule has 3 fully saturated rings. The van der Waals surface area contributed by atoms with Gasteiger partial charge in [-0.25, -0.2) is 9.18 Å². The molecule has 3 aliphatic rings. The van der Waals surface area contributed by atoms with E-state index in [4.69, 9.17) is 4.74 Å². The van der Waals surface area contributed by atoms with Crippen LogP contribution in [0.2, 0.25) is 0 Å². The standard InChI is InChI=1S/C30H35FN4O4S/c1-30(2,3)39-29(38)35-23-9-8-20(13-23)26(35)27(36)33-22(16-32)12-19-7-6-18(14-24(19)31)21-15-25(40-17-21)28(37)34-10-4-5-11-34/h6-7,14-15,17,20,22-23,26H,4-5,8-13H2,1-3H3,(H,33,36). The number of likely N-dealkylation sites (tertiary alicyclic amines) is 2. The molecule has 1 aromatic carbocycles. The lowest BCUT2D eigenvalue weighted by atomic mass is 9.97. The van der Waals surface area contributed by atoms with Gasteiger partial charge in [0.25, 0.3) is 5.91 Å². The zero-order valence-electron chi connectivity index (χ0n) is 23.1. The molecule has 2 aliphatic heterocycles. The van der Waals surface area contributed by atoms with Gasteiger partial charge >= 0.3 is 6.09 Å². The molecule has 2 bridgehead atoms. The Morgan fingerprint density at radius 2 is 1.93 bits per heavy atom. The number of nitrogens with one attached hydrogen (secondary N) is 1. The van der Waals surface area contributed by atoms with Crippen LogP contribution in [-0.4, -0.2) is 64.5 Å². The molecule has 2 aromatic rings. The van der Waals surface area contributed by atoms with E-state index in [1.165, 1.54) is 22.3 Å². The summed E-state index contributed by atoms with van der Waals surface area (Å²) in [6, 6.07) is 6.94.